The maximum absolute atomic E-state index is 5.17. The van der Waals surface area contributed by atoms with Crippen LogP contribution in [0.2, 0.25) is 0 Å². The van der Waals surface area contributed by atoms with Gasteiger partial charge in [0.25, 0.3) is 0 Å². The highest BCUT2D eigenvalue weighted by Gasteiger charge is 2.11. The van der Waals surface area contributed by atoms with E-state index in [0.717, 1.165) is 6.42 Å². The molecule has 0 aliphatic rings. The number of pyridine rings is 1. The Balaban J connectivity index is 2.90. The Morgan fingerprint density at radius 3 is 2.93 bits per heavy atom. The predicted octanol–water partition coefficient (Wildman–Crippen LogP) is 1.55. The quantitative estimate of drug-likeness (QED) is 0.772. The van der Waals surface area contributed by atoms with Crippen LogP contribution in [0.1, 0.15) is 24.1 Å². The van der Waals surface area contributed by atoms with Crippen LogP contribution < -0.4 is 5.32 Å². The monoisotopic (exact) mass is 194 g/mol. The van der Waals surface area contributed by atoms with Crippen LogP contribution in [0.3, 0.4) is 0 Å². The molecule has 1 rings (SSSR count). The van der Waals surface area contributed by atoms with E-state index in [1.807, 2.05) is 19.4 Å². The average molecular weight is 194 g/mol. The summed E-state index contributed by atoms with van der Waals surface area (Å²) >= 11 is 0. The molecule has 0 saturated carbocycles. The molecule has 0 aliphatic carbocycles. The summed E-state index contributed by atoms with van der Waals surface area (Å²) in [4.78, 5) is 4.12. The Labute approximate surface area is 85.5 Å². The number of rotatable bonds is 5. The maximum Gasteiger partial charge on any atom is 0.0657 e. The molecule has 0 radical (unpaired) electrons. The molecular weight excluding hydrogens is 176 g/mol. The molecule has 0 spiro atoms. The smallest absolute Gasteiger partial charge is 0.0657 e. The van der Waals surface area contributed by atoms with Crippen molar-refractivity contribution in [3.05, 3.63) is 29.6 Å². The van der Waals surface area contributed by atoms with Crippen molar-refractivity contribution in [1.29, 1.82) is 0 Å². The van der Waals surface area contributed by atoms with Crippen LogP contribution in [0.15, 0.2) is 18.5 Å². The minimum Gasteiger partial charge on any atom is -0.383 e. The first kappa shape index (κ1) is 11.1. The van der Waals surface area contributed by atoms with Gasteiger partial charge >= 0.3 is 0 Å². The second-order valence-electron chi connectivity index (χ2n) is 3.22. The highest BCUT2D eigenvalue weighted by molar-refractivity contribution is 5.26. The fraction of sp³-hybridized carbons (Fsp3) is 0.545. The summed E-state index contributed by atoms with van der Waals surface area (Å²) in [5.41, 5.74) is 2.57. The summed E-state index contributed by atoms with van der Waals surface area (Å²) in [6.07, 6.45) is 4.76. The zero-order valence-corrected chi connectivity index (χ0v) is 9.08. The summed E-state index contributed by atoms with van der Waals surface area (Å²) in [7, 11) is 3.67. The highest BCUT2D eigenvalue weighted by atomic mass is 16.5. The van der Waals surface area contributed by atoms with E-state index in [9.17, 15) is 0 Å². The zero-order chi connectivity index (χ0) is 10.4. The van der Waals surface area contributed by atoms with Crippen LogP contribution in [0.5, 0.6) is 0 Å². The number of nitrogens with one attached hydrogen (secondary N) is 1. The lowest BCUT2D eigenvalue weighted by Crippen LogP contribution is -2.22. The number of ether oxygens (including phenoxy) is 1. The summed E-state index contributed by atoms with van der Waals surface area (Å²) in [5.74, 6) is 0. The second kappa shape index (κ2) is 5.73. The van der Waals surface area contributed by atoms with Crippen molar-refractivity contribution in [2.45, 2.75) is 19.4 Å². The lowest BCUT2D eigenvalue weighted by Gasteiger charge is -2.18. The van der Waals surface area contributed by atoms with Crippen LogP contribution in [-0.2, 0) is 11.2 Å². The Kier molecular flexibility index (Phi) is 4.56. The summed E-state index contributed by atoms with van der Waals surface area (Å²) in [6, 6.07) is 2.32. The molecule has 3 nitrogen and oxygen atoms in total. The molecule has 0 amide bonds. The summed E-state index contributed by atoms with van der Waals surface area (Å²) in [6.45, 7) is 2.83. The van der Waals surface area contributed by atoms with Gasteiger partial charge in [0, 0.05) is 19.5 Å². The number of aryl methyl sites for hydroxylation is 1. The lowest BCUT2D eigenvalue weighted by atomic mass is 10.0. The van der Waals surface area contributed by atoms with Crippen molar-refractivity contribution in [3.63, 3.8) is 0 Å². The molecule has 1 N–H and O–H groups in total. The van der Waals surface area contributed by atoms with Crippen molar-refractivity contribution in [2.75, 3.05) is 20.8 Å². The molecule has 0 fully saturated rings. The van der Waals surface area contributed by atoms with Crippen LogP contribution in [0, 0.1) is 0 Å². The SMILES string of the molecule is CCc1cnccc1C(COC)NC. The van der Waals surface area contributed by atoms with E-state index >= 15 is 0 Å². The fourth-order valence-electron chi connectivity index (χ4n) is 1.57. The van der Waals surface area contributed by atoms with E-state index in [-0.39, 0.29) is 6.04 Å². The van der Waals surface area contributed by atoms with Crippen molar-refractivity contribution in [2.24, 2.45) is 0 Å². The normalized spacial score (nSPS) is 12.8. The van der Waals surface area contributed by atoms with Crippen LogP contribution in [0.4, 0.5) is 0 Å². The van der Waals surface area contributed by atoms with Crippen LogP contribution >= 0.6 is 0 Å². The topological polar surface area (TPSA) is 34.1 Å². The van der Waals surface area contributed by atoms with Gasteiger partial charge in [-0.3, -0.25) is 4.98 Å². The molecule has 1 unspecified atom stereocenters. The van der Waals surface area contributed by atoms with Gasteiger partial charge in [-0.15, -0.1) is 0 Å². The Morgan fingerprint density at radius 2 is 2.36 bits per heavy atom. The van der Waals surface area contributed by atoms with Gasteiger partial charge in [-0.05, 0) is 30.7 Å². The summed E-state index contributed by atoms with van der Waals surface area (Å²) in [5, 5.41) is 3.24. The first-order chi connectivity index (χ1) is 6.83. The number of aromatic nitrogens is 1. The van der Waals surface area contributed by atoms with Gasteiger partial charge in [0.05, 0.1) is 12.6 Å². The first-order valence-corrected chi connectivity index (χ1v) is 4.92. The van der Waals surface area contributed by atoms with E-state index in [1.165, 1.54) is 11.1 Å². The first-order valence-electron chi connectivity index (χ1n) is 4.92. The molecule has 0 aliphatic heterocycles. The van der Waals surface area contributed by atoms with E-state index in [2.05, 4.69) is 23.3 Å². The molecule has 14 heavy (non-hydrogen) atoms. The molecule has 0 aromatic carbocycles. The molecule has 3 heteroatoms. The molecule has 1 aromatic heterocycles. The average Bonchev–Trinajstić information content (AvgIpc) is 2.26. The Hall–Kier alpha value is -0.930. The van der Waals surface area contributed by atoms with Crippen molar-refractivity contribution in [3.8, 4) is 0 Å². The van der Waals surface area contributed by atoms with Crippen molar-refractivity contribution < 1.29 is 4.74 Å². The fourth-order valence-corrected chi connectivity index (χ4v) is 1.57. The molecule has 0 saturated heterocycles. The van der Waals surface area contributed by atoms with Gasteiger partial charge in [0.1, 0.15) is 0 Å². The second-order valence-corrected chi connectivity index (χ2v) is 3.22. The highest BCUT2D eigenvalue weighted by Crippen LogP contribution is 2.17. The minimum absolute atomic E-state index is 0.262. The molecule has 1 aromatic rings. The number of likely N-dealkylation sites (N-methyl/N-ethyl adjacent to an activating group) is 1. The van der Waals surface area contributed by atoms with Gasteiger partial charge in [0.2, 0.25) is 0 Å². The van der Waals surface area contributed by atoms with Crippen LogP contribution in [0.25, 0.3) is 0 Å². The minimum atomic E-state index is 0.262. The van der Waals surface area contributed by atoms with E-state index in [4.69, 9.17) is 4.74 Å². The van der Waals surface area contributed by atoms with Crippen molar-refractivity contribution in [1.82, 2.24) is 10.3 Å². The third kappa shape index (κ3) is 2.53. The zero-order valence-electron chi connectivity index (χ0n) is 9.08. The van der Waals surface area contributed by atoms with Crippen molar-refractivity contribution >= 4 is 0 Å². The molecular formula is C11H18N2O. The Morgan fingerprint density at radius 1 is 1.57 bits per heavy atom. The van der Waals surface area contributed by atoms with Gasteiger partial charge in [-0.25, -0.2) is 0 Å². The van der Waals surface area contributed by atoms with E-state index < -0.39 is 0 Å². The largest absolute Gasteiger partial charge is 0.383 e. The third-order valence-electron chi connectivity index (χ3n) is 2.38. The number of nitrogens with zero attached hydrogens (tertiary/aromatic N) is 1. The number of hydrogen-bond donors (Lipinski definition) is 1. The molecule has 1 atom stereocenters. The van der Waals surface area contributed by atoms with Gasteiger partial charge < -0.3 is 10.1 Å². The molecule has 1 heterocycles. The van der Waals surface area contributed by atoms with Gasteiger partial charge in [-0.2, -0.15) is 0 Å². The predicted molar refractivity (Wildman–Crippen MR) is 57.3 cm³/mol. The standard InChI is InChI=1S/C11H18N2O/c1-4-9-7-13-6-5-10(9)11(12-2)8-14-3/h5-7,11-12H,4,8H2,1-3H3. The number of hydrogen-bond acceptors (Lipinski definition) is 3. The van der Waals surface area contributed by atoms with Gasteiger partial charge in [-0.1, -0.05) is 6.92 Å². The third-order valence-corrected chi connectivity index (χ3v) is 2.38. The van der Waals surface area contributed by atoms with Gasteiger partial charge in [0.15, 0.2) is 0 Å². The lowest BCUT2D eigenvalue weighted by molar-refractivity contribution is 0.170. The number of methoxy groups -OCH3 is 1. The summed E-state index contributed by atoms with van der Waals surface area (Å²) < 4.78 is 5.17. The van der Waals surface area contributed by atoms with E-state index in [0.29, 0.717) is 6.61 Å². The maximum atomic E-state index is 5.17. The molecule has 0 bridgehead atoms. The molecule has 78 valence electrons. The van der Waals surface area contributed by atoms with E-state index in [1.54, 1.807) is 7.11 Å². The Bertz CT molecular complexity index is 276. The van der Waals surface area contributed by atoms with Crippen LogP contribution in [-0.4, -0.2) is 25.7 Å².